The van der Waals surface area contributed by atoms with Crippen LogP contribution in [-0.2, 0) is 14.8 Å². The molecular weight excluding hydrogens is 237 g/mol. The lowest BCUT2D eigenvalue weighted by atomic mass is 9.90. The highest BCUT2D eigenvalue weighted by Gasteiger charge is 2.44. The van der Waals surface area contributed by atoms with Crippen molar-refractivity contribution in [2.45, 2.75) is 19.8 Å². The van der Waals surface area contributed by atoms with E-state index < -0.39 is 28.1 Å². The number of carboxylic acids is 1. The second-order valence-electron chi connectivity index (χ2n) is 4.31. The smallest absolute Gasteiger partial charge is 0.310 e. The number of hydrogen-bond acceptors (Lipinski definition) is 3. The van der Waals surface area contributed by atoms with Crippen LogP contribution in [0.25, 0.3) is 0 Å². The van der Waals surface area contributed by atoms with Crippen molar-refractivity contribution in [3.8, 4) is 0 Å². The molecule has 0 aromatic heterocycles. The third-order valence-electron chi connectivity index (χ3n) is 2.88. The quantitative estimate of drug-likeness (QED) is 0.773. The monoisotopic (exact) mass is 253 g/mol. The molecule has 5 nitrogen and oxygen atoms in total. The molecule has 16 heavy (non-hydrogen) atoms. The second-order valence-corrected chi connectivity index (χ2v) is 6.40. The molecule has 0 aromatic rings. The van der Waals surface area contributed by atoms with E-state index in [4.69, 9.17) is 5.11 Å². The van der Waals surface area contributed by atoms with Crippen LogP contribution in [-0.4, -0.2) is 49.3 Å². The largest absolute Gasteiger partial charge is 0.481 e. The molecule has 0 aliphatic carbocycles. The Balaban J connectivity index is 2.69. The lowest BCUT2D eigenvalue weighted by Gasteiger charge is -2.19. The molecule has 0 aromatic carbocycles. The minimum absolute atomic E-state index is 0.0169. The molecule has 1 unspecified atom stereocenters. The summed E-state index contributed by atoms with van der Waals surface area (Å²) in [4.78, 5) is 10.9. The minimum Gasteiger partial charge on any atom is -0.481 e. The molecule has 0 saturated carbocycles. The molecule has 1 aliphatic heterocycles. The molecule has 1 N–H and O–H groups in total. The van der Waals surface area contributed by atoms with Gasteiger partial charge in [-0.2, -0.15) is 0 Å². The maximum absolute atomic E-state index is 11.9. The Labute approximate surface area is 94.3 Å². The van der Waals surface area contributed by atoms with E-state index in [0.717, 1.165) is 4.31 Å². The Bertz CT molecular complexity index is 370. The SMILES string of the molecule is CC1(C(=O)O)CCN(S(=O)(=O)CCCF)C1. The van der Waals surface area contributed by atoms with E-state index in [1.807, 2.05) is 0 Å². The average molecular weight is 253 g/mol. The summed E-state index contributed by atoms with van der Waals surface area (Å²) in [5.41, 5.74) is -1.01. The number of sulfonamides is 1. The van der Waals surface area contributed by atoms with E-state index in [-0.39, 0.29) is 25.3 Å². The van der Waals surface area contributed by atoms with E-state index in [1.54, 1.807) is 0 Å². The summed E-state index contributed by atoms with van der Waals surface area (Å²) in [7, 11) is -3.50. The van der Waals surface area contributed by atoms with Gasteiger partial charge in [-0.3, -0.25) is 9.18 Å². The lowest BCUT2D eigenvalue weighted by Crippen LogP contribution is -2.36. The minimum atomic E-state index is -3.50. The molecular formula is C9H16FNO4S. The highest BCUT2D eigenvalue weighted by molar-refractivity contribution is 7.89. The second kappa shape index (κ2) is 4.67. The first-order valence-electron chi connectivity index (χ1n) is 5.09. The highest BCUT2D eigenvalue weighted by Crippen LogP contribution is 2.31. The van der Waals surface area contributed by atoms with E-state index in [2.05, 4.69) is 0 Å². The molecule has 1 fully saturated rings. The van der Waals surface area contributed by atoms with Crippen molar-refractivity contribution in [3.05, 3.63) is 0 Å². The average Bonchev–Trinajstić information content (AvgIpc) is 2.60. The third kappa shape index (κ3) is 2.70. The van der Waals surface area contributed by atoms with Gasteiger partial charge in [-0.1, -0.05) is 0 Å². The molecule has 1 atom stereocenters. The summed E-state index contributed by atoms with van der Waals surface area (Å²) in [6.07, 6.45) is 0.264. The lowest BCUT2D eigenvalue weighted by molar-refractivity contribution is -0.146. The predicted molar refractivity (Wildman–Crippen MR) is 56.3 cm³/mol. The topological polar surface area (TPSA) is 74.7 Å². The highest BCUT2D eigenvalue weighted by atomic mass is 32.2. The number of carbonyl (C=O) groups is 1. The van der Waals surface area contributed by atoms with Crippen LogP contribution >= 0.6 is 0 Å². The number of carboxylic acid groups (broad SMARTS) is 1. The van der Waals surface area contributed by atoms with E-state index in [0.29, 0.717) is 6.42 Å². The summed E-state index contributed by atoms with van der Waals surface area (Å²) in [5, 5.41) is 8.95. The summed E-state index contributed by atoms with van der Waals surface area (Å²) >= 11 is 0. The Morgan fingerprint density at radius 2 is 2.19 bits per heavy atom. The van der Waals surface area contributed by atoms with Crippen LogP contribution in [0.15, 0.2) is 0 Å². The molecule has 94 valence electrons. The van der Waals surface area contributed by atoms with Gasteiger partial charge in [0, 0.05) is 13.1 Å². The Hall–Kier alpha value is -0.690. The number of rotatable bonds is 5. The van der Waals surface area contributed by atoms with Crippen molar-refractivity contribution in [3.63, 3.8) is 0 Å². The molecule has 0 radical (unpaired) electrons. The number of halogens is 1. The first kappa shape index (κ1) is 13.4. The standard InChI is InChI=1S/C9H16FNO4S/c1-9(8(12)13)3-5-11(7-9)16(14,15)6-2-4-10/h2-7H2,1H3,(H,12,13). The molecule has 0 bridgehead atoms. The van der Waals surface area contributed by atoms with Gasteiger partial charge in [-0.15, -0.1) is 0 Å². The fourth-order valence-electron chi connectivity index (χ4n) is 1.70. The fraction of sp³-hybridized carbons (Fsp3) is 0.889. The van der Waals surface area contributed by atoms with Gasteiger partial charge in [0.1, 0.15) is 0 Å². The zero-order chi connectivity index (χ0) is 12.4. The molecule has 1 rings (SSSR count). The zero-order valence-electron chi connectivity index (χ0n) is 9.15. The number of alkyl halides is 1. The number of nitrogens with zero attached hydrogens (tertiary/aromatic N) is 1. The molecule has 1 heterocycles. The number of aliphatic carboxylic acids is 1. The Morgan fingerprint density at radius 1 is 1.56 bits per heavy atom. The van der Waals surface area contributed by atoms with Crippen LogP contribution in [0.3, 0.4) is 0 Å². The van der Waals surface area contributed by atoms with Gasteiger partial charge in [-0.25, -0.2) is 12.7 Å². The predicted octanol–water partition coefficient (Wildman–Crippen LogP) is 0.472. The van der Waals surface area contributed by atoms with Crippen LogP contribution in [0.1, 0.15) is 19.8 Å². The van der Waals surface area contributed by atoms with E-state index in [1.165, 1.54) is 6.92 Å². The van der Waals surface area contributed by atoms with Gasteiger partial charge >= 0.3 is 5.97 Å². The maximum atomic E-state index is 11.9. The van der Waals surface area contributed by atoms with Crippen molar-refractivity contribution < 1.29 is 22.7 Å². The molecule has 0 spiro atoms. The van der Waals surface area contributed by atoms with Gasteiger partial charge in [0.25, 0.3) is 0 Å². The maximum Gasteiger partial charge on any atom is 0.310 e. The zero-order valence-corrected chi connectivity index (χ0v) is 9.96. The first-order valence-corrected chi connectivity index (χ1v) is 6.70. The normalized spacial score (nSPS) is 27.1. The third-order valence-corrected chi connectivity index (χ3v) is 4.79. The van der Waals surface area contributed by atoms with Crippen LogP contribution < -0.4 is 0 Å². The van der Waals surface area contributed by atoms with E-state index in [9.17, 15) is 17.6 Å². The van der Waals surface area contributed by atoms with Crippen LogP contribution in [0, 0.1) is 5.41 Å². The summed E-state index contributed by atoms with van der Waals surface area (Å²) in [5.74, 6) is -1.24. The van der Waals surface area contributed by atoms with Crippen molar-refractivity contribution in [2.75, 3.05) is 25.5 Å². The summed E-state index contributed by atoms with van der Waals surface area (Å²) < 4.78 is 36.4. The fourth-order valence-corrected chi connectivity index (χ4v) is 3.28. The van der Waals surface area contributed by atoms with E-state index >= 15 is 0 Å². The van der Waals surface area contributed by atoms with Crippen molar-refractivity contribution >= 4 is 16.0 Å². The van der Waals surface area contributed by atoms with Crippen molar-refractivity contribution in [2.24, 2.45) is 5.41 Å². The summed E-state index contributed by atoms with van der Waals surface area (Å²) in [6.45, 7) is 1.04. The van der Waals surface area contributed by atoms with Gasteiger partial charge in [0.2, 0.25) is 10.0 Å². The summed E-state index contributed by atoms with van der Waals surface area (Å²) in [6, 6.07) is 0. The van der Waals surface area contributed by atoms with Gasteiger partial charge in [-0.05, 0) is 19.8 Å². The molecule has 1 saturated heterocycles. The molecule has 7 heteroatoms. The van der Waals surface area contributed by atoms with Crippen molar-refractivity contribution in [1.82, 2.24) is 4.31 Å². The van der Waals surface area contributed by atoms with Gasteiger partial charge in [0.05, 0.1) is 17.8 Å². The van der Waals surface area contributed by atoms with Crippen LogP contribution in [0.4, 0.5) is 4.39 Å². The Morgan fingerprint density at radius 3 is 2.62 bits per heavy atom. The Kier molecular flexibility index (Phi) is 3.90. The first-order chi connectivity index (χ1) is 7.32. The molecule has 0 amide bonds. The molecule has 1 aliphatic rings. The van der Waals surface area contributed by atoms with Crippen molar-refractivity contribution in [1.29, 1.82) is 0 Å². The number of hydrogen-bond donors (Lipinski definition) is 1. The van der Waals surface area contributed by atoms with Crippen LogP contribution in [0.5, 0.6) is 0 Å². The van der Waals surface area contributed by atoms with Gasteiger partial charge < -0.3 is 5.11 Å². The van der Waals surface area contributed by atoms with Gasteiger partial charge in [0.15, 0.2) is 0 Å². The van der Waals surface area contributed by atoms with Crippen LogP contribution in [0.2, 0.25) is 0 Å².